The lowest BCUT2D eigenvalue weighted by Gasteiger charge is -1.97. The zero-order valence-corrected chi connectivity index (χ0v) is 9.40. The zero-order chi connectivity index (χ0) is 11.7. The molecule has 0 saturated carbocycles. The van der Waals surface area contributed by atoms with Gasteiger partial charge in [-0.25, -0.2) is 4.98 Å². The van der Waals surface area contributed by atoms with E-state index in [0.29, 0.717) is 6.54 Å². The summed E-state index contributed by atoms with van der Waals surface area (Å²) < 4.78 is 4.99. The molecule has 0 amide bonds. The molecule has 0 unspecified atom stereocenters. The molecule has 2 aromatic heterocycles. The van der Waals surface area contributed by atoms with Crippen LogP contribution in [0.25, 0.3) is 11.0 Å². The Balaban J connectivity index is 1.76. The largest absolute Gasteiger partial charge is 0.361 e. The van der Waals surface area contributed by atoms with Gasteiger partial charge < -0.3 is 14.8 Å². The van der Waals surface area contributed by atoms with Crippen LogP contribution >= 0.6 is 0 Å². The van der Waals surface area contributed by atoms with E-state index in [-0.39, 0.29) is 0 Å². The summed E-state index contributed by atoms with van der Waals surface area (Å²) in [6.45, 7) is 2.47. The highest BCUT2D eigenvalue weighted by Crippen LogP contribution is 2.13. The van der Waals surface area contributed by atoms with E-state index in [2.05, 4.69) is 20.4 Å². The maximum Gasteiger partial charge on any atom is 0.201 e. The summed E-state index contributed by atoms with van der Waals surface area (Å²) >= 11 is 0. The van der Waals surface area contributed by atoms with Gasteiger partial charge in [-0.1, -0.05) is 17.3 Å². The van der Waals surface area contributed by atoms with Crippen molar-refractivity contribution in [3.05, 3.63) is 41.8 Å². The fourth-order valence-electron chi connectivity index (χ4n) is 1.71. The molecule has 0 spiro atoms. The maximum absolute atomic E-state index is 4.99. The van der Waals surface area contributed by atoms with Crippen LogP contribution in [0, 0.1) is 6.92 Å². The number of rotatable bonds is 3. The third-order valence-electron chi connectivity index (χ3n) is 2.50. The van der Waals surface area contributed by atoms with Gasteiger partial charge in [-0.05, 0) is 19.1 Å². The van der Waals surface area contributed by atoms with Crippen LogP contribution in [-0.2, 0) is 6.54 Å². The number of aromatic amines is 1. The summed E-state index contributed by atoms with van der Waals surface area (Å²) in [5, 5.41) is 7.08. The van der Waals surface area contributed by atoms with Crippen LogP contribution in [-0.4, -0.2) is 15.1 Å². The highest BCUT2D eigenvalue weighted by molar-refractivity contribution is 5.77. The Hall–Kier alpha value is -2.30. The molecule has 0 atom stereocenters. The summed E-state index contributed by atoms with van der Waals surface area (Å²) in [6, 6.07) is 9.81. The quantitative estimate of drug-likeness (QED) is 0.722. The van der Waals surface area contributed by atoms with E-state index in [0.717, 1.165) is 28.4 Å². The van der Waals surface area contributed by atoms with Gasteiger partial charge >= 0.3 is 0 Å². The van der Waals surface area contributed by atoms with E-state index in [1.807, 2.05) is 37.3 Å². The predicted octanol–water partition coefficient (Wildman–Crippen LogP) is 2.47. The number of nitrogens with one attached hydrogen (secondary N) is 2. The van der Waals surface area contributed by atoms with Crippen LogP contribution in [0.5, 0.6) is 0 Å². The van der Waals surface area contributed by atoms with Crippen LogP contribution in [0.15, 0.2) is 34.9 Å². The Morgan fingerprint density at radius 3 is 3.00 bits per heavy atom. The monoisotopic (exact) mass is 228 g/mol. The Morgan fingerprint density at radius 1 is 1.35 bits per heavy atom. The molecule has 0 aliphatic heterocycles. The lowest BCUT2D eigenvalue weighted by atomic mass is 10.3. The van der Waals surface area contributed by atoms with E-state index in [1.165, 1.54) is 0 Å². The van der Waals surface area contributed by atoms with Gasteiger partial charge in [0.25, 0.3) is 0 Å². The van der Waals surface area contributed by atoms with E-state index >= 15 is 0 Å². The van der Waals surface area contributed by atoms with Crippen molar-refractivity contribution < 1.29 is 4.52 Å². The molecule has 17 heavy (non-hydrogen) atoms. The first-order valence-corrected chi connectivity index (χ1v) is 5.42. The molecule has 5 nitrogen and oxygen atoms in total. The number of fused-ring (bicyclic) bond motifs is 1. The molecule has 0 aliphatic carbocycles. The number of aryl methyl sites for hydroxylation is 1. The van der Waals surface area contributed by atoms with Crippen molar-refractivity contribution in [2.24, 2.45) is 0 Å². The minimum atomic E-state index is 0.594. The molecule has 86 valence electrons. The van der Waals surface area contributed by atoms with Crippen LogP contribution < -0.4 is 5.32 Å². The van der Waals surface area contributed by atoms with Gasteiger partial charge in [-0.3, -0.25) is 0 Å². The van der Waals surface area contributed by atoms with Crippen molar-refractivity contribution in [1.29, 1.82) is 0 Å². The lowest BCUT2D eigenvalue weighted by Crippen LogP contribution is -2.00. The number of hydrogen-bond donors (Lipinski definition) is 2. The molecular formula is C12H12N4O. The Bertz CT molecular complexity index is 608. The summed E-state index contributed by atoms with van der Waals surface area (Å²) in [5.41, 5.74) is 2.83. The molecule has 0 saturated heterocycles. The average Bonchev–Trinajstić information content (AvgIpc) is 2.91. The first kappa shape index (κ1) is 9.89. The highest BCUT2D eigenvalue weighted by atomic mass is 16.5. The lowest BCUT2D eigenvalue weighted by molar-refractivity contribution is 0.391. The summed E-state index contributed by atoms with van der Waals surface area (Å²) in [4.78, 5) is 7.60. The minimum absolute atomic E-state index is 0.594. The second kappa shape index (κ2) is 3.93. The van der Waals surface area contributed by atoms with Gasteiger partial charge in [0.05, 0.1) is 17.6 Å². The van der Waals surface area contributed by atoms with Crippen molar-refractivity contribution in [2.45, 2.75) is 13.5 Å². The Labute approximate surface area is 97.8 Å². The fraction of sp³-hybridized carbons (Fsp3) is 0.167. The summed E-state index contributed by atoms with van der Waals surface area (Å²) in [7, 11) is 0. The van der Waals surface area contributed by atoms with Crippen LogP contribution in [0.3, 0.4) is 0 Å². The summed E-state index contributed by atoms with van der Waals surface area (Å²) in [6.07, 6.45) is 0. The first-order chi connectivity index (χ1) is 8.31. The molecule has 3 aromatic rings. The SMILES string of the molecule is Cc1cc(CNc2nc3ccccc3[nH]2)no1. The second-order valence-electron chi connectivity index (χ2n) is 3.89. The number of anilines is 1. The molecule has 0 aliphatic rings. The van der Waals surface area contributed by atoms with Crippen LogP contribution in [0.4, 0.5) is 5.95 Å². The van der Waals surface area contributed by atoms with Gasteiger partial charge in [0.15, 0.2) is 0 Å². The third-order valence-corrected chi connectivity index (χ3v) is 2.50. The number of nitrogens with zero attached hydrogens (tertiary/aromatic N) is 2. The Morgan fingerprint density at radius 2 is 2.24 bits per heavy atom. The Kier molecular flexibility index (Phi) is 2.29. The smallest absolute Gasteiger partial charge is 0.201 e. The zero-order valence-electron chi connectivity index (χ0n) is 9.40. The van der Waals surface area contributed by atoms with Crippen molar-refractivity contribution in [1.82, 2.24) is 15.1 Å². The van der Waals surface area contributed by atoms with Crippen LogP contribution in [0.2, 0.25) is 0 Å². The molecule has 1 aromatic carbocycles. The average molecular weight is 228 g/mol. The molecule has 0 bridgehead atoms. The third kappa shape index (κ3) is 1.99. The number of para-hydroxylation sites is 2. The number of benzene rings is 1. The molecule has 5 heteroatoms. The molecular weight excluding hydrogens is 216 g/mol. The fourth-order valence-corrected chi connectivity index (χ4v) is 1.71. The minimum Gasteiger partial charge on any atom is -0.361 e. The number of aromatic nitrogens is 3. The van der Waals surface area contributed by atoms with E-state index in [9.17, 15) is 0 Å². The molecule has 0 radical (unpaired) electrons. The van der Waals surface area contributed by atoms with Gasteiger partial charge in [-0.15, -0.1) is 0 Å². The van der Waals surface area contributed by atoms with Gasteiger partial charge in [0.1, 0.15) is 11.5 Å². The number of H-pyrrole nitrogens is 1. The second-order valence-corrected chi connectivity index (χ2v) is 3.89. The molecule has 0 fully saturated rings. The summed E-state index contributed by atoms with van der Waals surface area (Å²) in [5.74, 6) is 1.55. The predicted molar refractivity (Wildman–Crippen MR) is 64.7 cm³/mol. The van der Waals surface area contributed by atoms with Crippen molar-refractivity contribution in [3.8, 4) is 0 Å². The van der Waals surface area contributed by atoms with Gasteiger partial charge in [-0.2, -0.15) is 0 Å². The maximum atomic E-state index is 4.99. The van der Waals surface area contributed by atoms with E-state index < -0.39 is 0 Å². The molecule has 2 N–H and O–H groups in total. The topological polar surface area (TPSA) is 66.7 Å². The van der Waals surface area contributed by atoms with Crippen LogP contribution in [0.1, 0.15) is 11.5 Å². The van der Waals surface area contributed by atoms with Crippen molar-refractivity contribution >= 4 is 17.0 Å². The first-order valence-electron chi connectivity index (χ1n) is 5.42. The molecule has 3 rings (SSSR count). The van der Waals surface area contributed by atoms with Gasteiger partial charge in [0.2, 0.25) is 5.95 Å². The highest BCUT2D eigenvalue weighted by Gasteiger charge is 2.03. The standard InChI is InChI=1S/C12H12N4O/c1-8-6-9(16-17-8)7-13-12-14-10-4-2-3-5-11(10)15-12/h2-6H,7H2,1H3,(H2,13,14,15). The van der Waals surface area contributed by atoms with Crippen molar-refractivity contribution in [3.63, 3.8) is 0 Å². The van der Waals surface area contributed by atoms with Crippen molar-refractivity contribution in [2.75, 3.05) is 5.32 Å². The van der Waals surface area contributed by atoms with E-state index in [1.54, 1.807) is 0 Å². The number of imidazole rings is 1. The van der Waals surface area contributed by atoms with E-state index in [4.69, 9.17) is 4.52 Å². The molecule has 2 heterocycles. The van der Waals surface area contributed by atoms with Gasteiger partial charge in [0, 0.05) is 6.07 Å². The normalized spacial score (nSPS) is 10.9. The number of hydrogen-bond acceptors (Lipinski definition) is 4.